The van der Waals surface area contributed by atoms with Crippen LogP contribution in [0.3, 0.4) is 0 Å². The standard InChI is InChI=1S/C9H7.C7H13NO.Zr/c1-2-5-9-7-3-6-8(9)4-1;8-7(9)6-4-2-1-3-5-6;/h1-2,4-6H,7H2;6H,1-5H2,(H2,8,9);/q-1;;+2/p-1. The van der Waals surface area contributed by atoms with Gasteiger partial charge in [0.2, 0.25) is 0 Å². The second-order valence-corrected chi connectivity index (χ2v) is 4.92. The van der Waals surface area contributed by atoms with Crippen LogP contribution in [0.4, 0.5) is 0 Å². The van der Waals surface area contributed by atoms with Gasteiger partial charge in [-0.2, -0.15) is 5.56 Å². The van der Waals surface area contributed by atoms with Crippen LogP contribution in [-0.2, 0) is 37.4 Å². The van der Waals surface area contributed by atoms with Crippen LogP contribution in [0.5, 0.6) is 0 Å². The maximum Gasteiger partial charge on any atom is 2.00 e. The van der Waals surface area contributed by atoms with Crippen molar-refractivity contribution >= 4 is 12.0 Å². The summed E-state index contributed by atoms with van der Waals surface area (Å²) < 4.78 is 0. The van der Waals surface area contributed by atoms with Crippen molar-refractivity contribution in [3.63, 3.8) is 0 Å². The van der Waals surface area contributed by atoms with Crippen molar-refractivity contribution in [3.8, 4) is 0 Å². The first kappa shape index (κ1) is 16.4. The molecular formula is C16H19NOZr. The molecule has 2 aliphatic rings. The van der Waals surface area contributed by atoms with Crippen molar-refractivity contribution in [1.29, 1.82) is 0 Å². The third-order valence-corrected chi connectivity index (χ3v) is 3.58. The number of amides is 1. The zero-order chi connectivity index (χ0) is 12.8. The van der Waals surface area contributed by atoms with Gasteiger partial charge < -0.3 is 10.5 Å². The molecular weight excluding hydrogens is 313 g/mol. The quantitative estimate of drug-likeness (QED) is 0.710. The molecule has 0 aromatic heterocycles. The Morgan fingerprint density at radius 3 is 2.42 bits per heavy atom. The molecule has 0 heterocycles. The molecule has 1 aromatic carbocycles. The minimum atomic E-state index is -0.352. The summed E-state index contributed by atoms with van der Waals surface area (Å²) in [6.45, 7) is 0. The first-order valence-corrected chi connectivity index (χ1v) is 6.67. The van der Waals surface area contributed by atoms with Crippen LogP contribution in [0.25, 0.3) is 11.8 Å². The summed E-state index contributed by atoms with van der Waals surface area (Å²) in [7, 11) is 0. The van der Waals surface area contributed by atoms with E-state index in [0.717, 1.165) is 32.1 Å². The summed E-state index contributed by atoms with van der Waals surface area (Å²) in [5.41, 5.74) is 9.56. The SMILES string of the molecule is [C-]1=Cc2ccccc2C1.[NH-]C(=O)C1CCCCC1.[Zr+2]. The summed E-state index contributed by atoms with van der Waals surface area (Å²) in [6, 6.07) is 8.39. The number of nitrogens with one attached hydrogen (secondary N) is 1. The Hall–Kier alpha value is -0.687. The number of carbonyl (C=O) groups excluding carboxylic acids is 1. The van der Waals surface area contributed by atoms with E-state index in [2.05, 4.69) is 36.4 Å². The molecule has 3 rings (SSSR count). The third-order valence-electron chi connectivity index (χ3n) is 3.58. The molecule has 2 aliphatic carbocycles. The van der Waals surface area contributed by atoms with Gasteiger partial charge in [0, 0.05) is 5.92 Å². The van der Waals surface area contributed by atoms with Gasteiger partial charge in [-0.15, -0.1) is 18.1 Å². The second-order valence-electron chi connectivity index (χ2n) is 4.92. The fourth-order valence-corrected chi connectivity index (χ4v) is 2.47. The fraction of sp³-hybridized carbons (Fsp3) is 0.438. The predicted molar refractivity (Wildman–Crippen MR) is 73.8 cm³/mol. The largest absolute Gasteiger partial charge is 2.00 e. The van der Waals surface area contributed by atoms with Crippen molar-refractivity contribution in [3.05, 3.63) is 47.2 Å². The van der Waals surface area contributed by atoms with Crippen LogP contribution in [0.1, 0.15) is 43.2 Å². The van der Waals surface area contributed by atoms with Gasteiger partial charge in [0.25, 0.3) is 0 Å². The first-order valence-electron chi connectivity index (χ1n) is 6.67. The van der Waals surface area contributed by atoms with E-state index < -0.39 is 0 Å². The number of hydrogen-bond donors (Lipinski definition) is 0. The van der Waals surface area contributed by atoms with E-state index in [0.29, 0.717) is 0 Å². The zero-order valence-corrected chi connectivity index (χ0v) is 13.6. The van der Waals surface area contributed by atoms with Crippen LogP contribution in [0, 0.1) is 12.0 Å². The number of benzene rings is 1. The molecule has 1 fully saturated rings. The van der Waals surface area contributed by atoms with Gasteiger partial charge in [0.1, 0.15) is 0 Å². The van der Waals surface area contributed by atoms with Crippen molar-refractivity contribution in [2.24, 2.45) is 5.92 Å². The number of rotatable bonds is 1. The molecule has 0 unspecified atom stereocenters. The molecule has 0 radical (unpaired) electrons. The molecule has 0 spiro atoms. The Labute approximate surface area is 134 Å². The van der Waals surface area contributed by atoms with E-state index >= 15 is 0 Å². The number of fused-ring (bicyclic) bond motifs is 1. The van der Waals surface area contributed by atoms with Crippen molar-refractivity contribution in [1.82, 2.24) is 0 Å². The molecule has 98 valence electrons. The van der Waals surface area contributed by atoms with E-state index in [4.69, 9.17) is 5.73 Å². The van der Waals surface area contributed by atoms with Crippen molar-refractivity contribution in [2.45, 2.75) is 38.5 Å². The molecule has 0 bridgehead atoms. The average molecular weight is 333 g/mol. The number of hydrogen-bond acceptors (Lipinski definition) is 1. The van der Waals surface area contributed by atoms with Gasteiger partial charge in [-0.1, -0.05) is 37.5 Å². The van der Waals surface area contributed by atoms with Gasteiger partial charge in [0.15, 0.2) is 0 Å². The Morgan fingerprint density at radius 2 is 1.84 bits per heavy atom. The topological polar surface area (TPSA) is 40.9 Å². The monoisotopic (exact) mass is 331 g/mol. The van der Waals surface area contributed by atoms with Crippen LogP contribution in [0.2, 0.25) is 0 Å². The number of carbonyl (C=O) groups is 1. The van der Waals surface area contributed by atoms with Gasteiger partial charge in [-0.05, 0) is 12.8 Å². The Kier molecular flexibility index (Phi) is 7.30. The maximum atomic E-state index is 10.5. The smallest absolute Gasteiger partial charge is 0.668 e. The molecule has 1 N–H and O–H groups in total. The number of allylic oxidation sites excluding steroid dienone is 1. The maximum absolute atomic E-state index is 10.5. The molecule has 3 heteroatoms. The molecule has 1 amide bonds. The van der Waals surface area contributed by atoms with E-state index in [1.54, 1.807) is 0 Å². The van der Waals surface area contributed by atoms with Crippen LogP contribution < -0.4 is 0 Å². The molecule has 2 nitrogen and oxygen atoms in total. The molecule has 19 heavy (non-hydrogen) atoms. The van der Waals surface area contributed by atoms with Crippen LogP contribution >= 0.6 is 0 Å². The summed E-state index contributed by atoms with van der Waals surface area (Å²) >= 11 is 0. The zero-order valence-electron chi connectivity index (χ0n) is 11.1. The Balaban J connectivity index is 0.000000180. The normalized spacial score (nSPS) is 16.8. The average Bonchev–Trinajstić information content (AvgIpc) is 2.89. The van der Waals surface area contributed by atoms with Gasteiger partial charge >= 0.3 is 26.2 Å². The minimum Gasteiger partial charge on any atom is -0.668 e. The van der Waals surface area contributed by atoms with Gasteiger partial charge in [0.05, 0.1) is 5.91 Å². The van der Waals surface area contributed by atoms with E-state index in [-0.39, 0.29) is 38.0 Å². The molecule has 1 saturated carbocycles. The summed E-state index contributed by atoms with van der Waals surface area (Å²) in [6.07, 6.45) is 11.7. The fourth-order valence-electron chi connectivity index (χ4n) is 2.47. The van der Waals surface area contributed by atoms with E-state index in [1.165, 1.54) is 17.5 Å². The van der Waals surface area contributed by atoms with Crippen LogP contribution in [0.15, 0.2) is 24.3 Å². The van der Waals surface area contributed by atoms with Crippen molar-refractivity contribution in [2.75, 3.05) is 0 Å². The molecule has 0 atom stereocenters. The van der Waals surface area contributed by atoms with Gasteiger partial charge in [-0.25, -0.2) is 6.08 Å². The molecule has 0 saturated heterocycles. The van der Waals surface area contributed by atoms with E-state index in [9.17, 15) is 4.79 Å². The second kappa shape index (κ2) is 8.48. The van der Waals surface area contributed by atoms with Crippen molar-refractivity contribution < 1.29 is 31.0 Å². The van der Waals surface area contributed by atoms with Gasteiger partial charge in [-0.3, -0.25) is 6.08 Å². The Morgan fingerprint density at radius 1 is 1.16 bits per heavy atom. The van der Waals surface area contributed by atoms with Crippen LogP contribution in [-0.4, -0.2) is 5.91 Å². The first-order chi connectivity index (χ1) is 8.77. The van der Waals surface area contributed by atoms with E-state index in [1.807, 2.05) is 0 Å². The Bertz CT molecular complexity index is 436. The summed E-state index contributed by atoms with van der Waals surface area (Å²) in [4.78, 5) is 10.5. The summed E-state index contributed by atoms with van der Waals surface area (Å²) in [5, 5.41) is 0. The molecule has 0 aliphatic heterocycles. The molecule has 1 aromatic rings. The summed E-state index contributed by atoms with van der Waals surface area (Å²) in [5.74, 6) is -0.270. The third kappa shape index (κ3) is 5.06. The minimum absolute atomic E-state index is 0. The predicted octanol–water partition coefficient (Wildman–Crippen LogP) is 4.20.